The number of aryl methyl sites for hydroxylation is 1. The van der Waals surface area contributed by atoms with Crippen LogP contribution in [0.25, 0.3) is 11.0 Å². The zero-order chi connectivity index (χ0) is 18.4. The molecule has 4 rings (SSSR count). The van der Waals surface area contributed by atoms with Crippen LogP contribution in [0.2, 0.25) is 0 Å². The molecule has 6 nitrogen and oxygen atoms in total. The van der Waals surface area contributed by atoms with E-state index >= 15 is 0 Å². The Morgan fingerprint density at radius 3 is 2.65 bits per heavy atom. The number of fused-ring (bicyclic) bond motifs is 2. The molecule has 2 heterocycles. The maximum atomic E-state index is 11.7. The first-order chi connectivity index (χ1) is 12.5. The minimum absolute atomic E-state index is 0.0393. The molecule has 26 heavy (non-hydrogen) atoms. The Morgan fingerprint density at radius 1 is 1.23 bits per heavy atom. The second-order valence-electron chi connectivity index (χ2n) is 6.09. The van der Waals surface area contributed by atoms with Crippen LogP contribution in [-0.4, -0.2) is 5.11 Å². The van der Waals surface area contributed by atoms with Gasteiger partial charge in [-0.25, -0.2) is 4.79 Å². The molecule has 0 bridgehead atoms. The summed E-state index contributed by atoms with van der Waals surface area (Å²) in [6.07, 6.45) is 0. The van der Waals surface area contributed by atoms with E-state index in [4.69, 9.17) is 14.9 Å². The summed E-state index contributed by atoms with van der Waals surface area (Å²) in [5.41, 5.74) is 7.63. The Balaban J connectivity index is 2.11. The van der Waals surface area contributed by atoms with E-state index in [-0.39, 0.29) is 28.5 Å². The van der Waals surface area contributed by atoms with Crippen molar-refractivity contribution in [3.8, 4) is 17.6 Å². The van der Waals surface area contributed by atoms with Crippen LogP contribution in [-0.2, 0) is 0 Å². The minimum Gasteiger partial charge on any atom is -0.507 e. The Morgan fingerprint density at radius 2 is 1.96 bits per heavy atom. The third-order valence-corrected chi connectivity index (χ3v) is 4.52. The Kier molecular flexibility index (Phi) is 3.44. The number of rotatable bonds is 1. The van der Waals surface area contributed by atoms with E-state index in [1.54, 1.807) is 6.92 Å². The van der Waals surface area contributed by atoms with Gasteiger partial charge in [-0.15, -0.1) is 0 Å². The maximum Gasteiger partial charge on any atom is 0.336 e. The van der Waals surface area contributed by atoms with Gasteiger partial charge in [0.05, 0.1) is 16.9 Å². The number of hydrogen-bond acceptors (Lipinski definition) is 6. The molecule has 0 saturated heterocycles. The maximum absolute atomic E-state index is 11.7. The quantitative estimate of drug-likeness (QED) is 0.656. The standard InChI is InChI=1S/C20H14N2O4/c1-10-7-15(23)25-13-8-14-18(19(24)16(10)13)17(11-5-3-2-4-6-11)12(9-21)20(22)26-14/h2-8,17,24H,22H2,1H3. The molecule has 1 aliphatic rings. The highest BCUT2D eigenvalue weighted by Gasteiger charge is 2.34. The zero-order valence-electron chi connectivity index (χ0n) is 13.8. The van der Waals surface area contributed by atoms with Crippen molar-refractivity contribution in [2.45, 2.75) is 12.8 Å². The number of ether oxygens (including phenoxy) is 1. The molecule has 0 radical (unpaired) electrons. The highest BCUT2D eigenvalue weighted by Crippen LogP contribution is 2.49. The summed E-state index contributed by atoms with van der Waals surface area (Å²) in [5.74, 6) is -0.453. The van der Waals surface area contributed by atoms with E-state index < -0.39 is 11.5 Å². The molecule has 6 heteroatoms. The summed E-state index contributed by atoms with van der Waals surface area (Å²) >= 11 is 0. The fourth-order valence-corrected chi connectivity index (χ4v) is 3.41. The molecule has 3 aromatic rings. The average Bonchev–Trinajstić information content (AvgIpc) is 2.60. The highest BCUT2D eigenvalue weighted by atomic mass is 16.5. The molecule has 0 spiro atoms. The number of phenolic OH excluding ortho intramolecular Hbond substituents is 1. The SMILES string of the molecule is Cc1cc(=O)oc2cc3c(c(O)c12)C(c1ccccc1)C(C#N)=C(N)O3. The van der Waals surface area contributed by atoms with Gasteiger partial charge in [0.1, 0.15) is 28.7 Å². The molecule has 1 unspecified atom stereocenters. The van der Waals surface area contributed by atoms with E-state index in [2.05, 4.69) is 6.07 Å². The van der Waals surface area contributed by atoms with Crippen LogP contribution in [0, 0.1) is 18.3 Å². The van der Waals surface area contributed by atoms with Gasteiger partial charge < -0.3 is 20.0 Å². The van der Waals surface area contributed by atoms with Gasteiger partial charge in [-0.05, 0) is 18.1 Å². The second kappa shape index (κ2) is 5.67. The van der Waals surface area contributed by atoms with Crippen molar-refractivity contribution in [2.75, 3.05) is 0 Å². The first-order valence-electron chi connectivity index (χ1n) is 7.94. The van der Waals surface area contributed by atoms with Gasteiger partial charge in [0, 0.05) is 12.1 Å². The van der Waals surface area contributed by atoms with Gasteiger partial charge in [-0.1, -0.05) is 30.3 Å². The molecule has 0 fully saturated rings. The Labute approximate surface area is 148 Å². The van der Waals surface area contributed by atoms with Crippen LogP contribution in [0.15, 0.2) is 63.1 Å². The van der Waals surface area contributed by atoms with Gasteiger partial charge in [-0.3, -0.25) is 0 Å². The predicted octanol–water partition coefficient (Wildman–Crippen LogP) is 3.03. The largest absolute Gasteiger partial charge is 0.507 e. The van der Waals surface area contributed by atoms with Gasteiger partial charge in [0.25, 0.3) is 0 Å². The van der Waals surface area contributed by atoms with E-state index in [1.165, 1.54) is 12.1 Å². The zero-order valence-corrected chi connectivity index (χ0v) is 13.8. The smallest absolute Gasteiger partial charge is 0.336 e. The summed E-state index contributed by atoms with van der Waals surface area (Å²) in [6, 6.07) is 14.2. The molecule has 1 aromatic heterocycles. The molecule has 0 aliphatic carbocycles. The first kappa shape index (κ1) is 15.8. The topological polar surface area (TPSA) is 109 Å². The lowest BCUT2D eigenvalue weighted by molar-refractivity contribution is 0.382. The van der Waals surface area contributed by atoms with Crippen molar-refractivity contribution in [2.24, 2.45) is 5.73 Å². The summed E-state index contributed by atoms with van der Waals surface area (Å²) < 4.78 is 10.8. The van der Waals surface area contributed by atoms with Crippen LogP contribution in [0.5, 0.6) is 11.5 Å². The van der Waals surface area contributed by atoms with Gasteiger partial charge in [-0.2, -0.15) is 5.26 Å². The van der Waals surface area contributed by atoms with Crippen LogP contribution in [0.1, 0.15) is 22.6 Å². The summed E-state index contributed by atoms with van der Waals surface area (Å²) in [7, 11) is 0. The lowest BCUT2D eigenvalue weighted by Gasteiger charge is -2.27. The fraction of sp³-hybridized carbons (Fsp3) is 0.100. The van der Waals surface area contributed by atoms with E-state index in [0.717, 1.165) is 5.56 Å². The summed E-state index contributed by atoms with van der Waals surface area (Å²) in [4.78, 5) is 11.7. The molecule has 0 amide bonds. The van der Waals surface area contributed by atoms with Crippen molar-refractivity contribution in [3.05, 3.63) is 81.0 Å². The van der Waals surface area contributed by atoms with Crippen LogP contribution in [0.4, 0.5) is 0 Å². The van der Waals surface area contributed by atoms with Crippen molar-refractivity contribution in [3.63, 3.8) is 0 Å². The van der Waals surface area contributed by atoms with Crippen LogP contribution >= 0.6 is 0 Å². The van der Waals surface area contributed by atoms with Crippen LogP contribution < -0.4 is 16.1 Å². The number of allylic oxidation sites excluding steroid dienone is 1. The Bertz CT molecular complexity index is 1170. The van der Waals surface area contributed by atoms with E-state index in [1.807, 2.05) is 30.3 Å². The molecule has 128 valence electrons. The molecular formula is C20H14N2O4. The minimum atomic E-state index is -0.583. The normalized spacial score (nSPS) is 16.1. The summed E-state index contributed by atoms with van der Waals surface area (Å²) in [6.45, 7) is 1.71. The lowest BCUT2D eigenvalue weighted by Crippen LogP contribution is -2.21. The highest BCUT2D eigenvalue weighted by molar-refractivity contribution is 5.91. The van der Waals surface area contributed by atoms with Crippen LogP contribution in [0.3, 0.4) is 0 Å². The lowest BCUT2D eigenvalue weighted by atomic mass is 9.82. The van der Waals surface area contributed by atoms with Crippen molar-refractivity contribution in [1.29, 1.82) is 5.26 Å². The monoisotopic (exact) mass is 346 g/mol. The number of nitriles is 1. The van der Waals surface area contributed by atoms with Crippen molar-refractivity contribution >= 4 is 11.0 Å². The first-order valence-corrected chi connectivity index (χ1v) is 7.94. The van der Waals surface area contributed by atoms with Gasteiger partial charge in [0.15, 0.2) is 0 Å². The third-order valence-electron chi connectivity index (χ3n) is 4.52. The summed E-state index contributed by atoms with van der Waals surface area (Å²) in [5, 5.41) is 21.0. The number of nitrogens with zero attached hydrogens (tertiary/aromatic N) is 1. The van der Waals surface area contributed by atoms with Gasteiger partial charge >= 0.3 is 5.63 Å². The number of hydrogen-bond donors (Lipinski definition) is 2. The second-order valence-corrected chi connectivity index (χ2v) is 6.09. The molecule has 1 aliphatic heterocycles. The average molecular weight is 346 g/mol. The van der Waals surface area contributed by atoms with E-state index in [9.17, 15) is 15.2 Å². The number of phenols is 1. The number of nitrogens with two attached hydrogens (primary N) is 1. The molecule has 3 N–H and O–H groups in total. The third kappa shape index (κ3) is 2.22. The molecule has 0 saturated carbocycles. The molecular weight excluding hydrogens is 332 g/mol. The predicted molar refractivity (Wildman–Crippen MR) is 94.6 cm³/mol. The van der Waals surface area contributed by atoms with Crippen molar-refractivity contribution in [1.82, 2.24) is 0 Å². The Hall–Kier alpha value is -3.72. The van der Waals surface area contributed by atoms with Crippen molar-refractivity contribution < 1.29 is 14.3 Å². The fourth-order valence-electron chi connectivity index (χ4n) is 3.41. The number of benzene rings is 2. The van der Waals surface area contributed by atoms with E-state index in [0.29, 0.717) is 16.5 Å². The molecule has 1 atom stereocenters. The van der Waals surface area contributed by atoms with Gasteiger partial charge in [0.2, 0.25) is 5.88 Å². The molecule has 2 aromatic carbocycles. The number of aromatic hydroxyl groups is 1.